The van der Waals surface area contributed by atoms with E-state index in [1.807, 2.05) is 35.7 Å². The van der Waals surface area contributed by atoms with Crippen molar-refractivity contribution in [2.24, 2.45) is 7.05 Å². The fourth-order valence-corrected chi connectivity index (χ4v) is 2.83. The third kappa shape index (κ3) is 3.92. The zero-order valence-corrected chi connectivity index (χ0v) is 13.3. The number of rotatable bonds is 5. The number of hydrogen-bond acceptors (Lipinski definition) is 5. The number of urea groups is 1. The number of nitrogens with zero attached hydrogens (tertiary/aromatic N) is 4. The minimum atomic E-state index is -0.290. The molecule has 2 heterocycles. The van der Waals surface area contributed by atoms with E-state index in [0.717, 1.165) is 10.6 Å². The van der Waals surface area contributed by atoms with Crippen LogP contribution >= 0.6 is 11.3 Å². The van der Waals surface area contributed by atoms with Gasteiger partial charge in [-0.25, -0.2) is 14.8 Å². The maximum absolute atomic E-state index is 12.2. The smallest absolute Gasteiger partial charge is 0.316 e. The summed E-state index contributed by atoms with van der Waals surface area (Å²) >= 11 is 1.50. The predicted molar refractivity (Wildman–Crippen MR) is 86.8 cm³/mol. The highest BCUT2D eigenvalue weighted by molar-refractivity contribution is 7.09. The van der Waals surface area contributed by atoms with Gasteiger partial charge < -0.3 is 10.6 Å². The van der Waals surface area contributed by atoms with E-state index in [1.54, 1.807) is 24.3 Å². The molecule has 0 radical (unpaired) electrons. The quantitative estimate of drug-likeness (QED) is 0.749. The molecule has 2 N–H and O–H groups in total. The lowest BCUT2D eigenvalue weighted by Gasteiger charge is -2.17. The summed E-state index contributed by atoms with van der Waals surface area (Å²) in [6, 6.07) is 9.17. The Morgan fingerprint density at radius 2 is 2.13 bits per heavy atom. The Labute approximate surface area is 137 Å². The number of aromatic nitrogens is 4. The molecule has 0 saturated carbocycles. The van der Waals surface area contributed by atoms with Crippen molar-refractivity contribution >= 4 is 17.4 Å². The third-order valence-corrected chi connectivity index (χ3v) is 4.00. The van der Waals surface area contributed by atoms with Crippen molar-refractivity contribution in [2.45, 2.75) is 12.6 Å². The molecule has 23 heavy (non-hydrogen) atoms. The van der Waals surface area contributed by atoms with E-state index in [0.29, 0.717) is 5.82 Å². The number of amides is 2. The van der Waals surface area contributed by atoms with E-state index in [1.165, 1.54) is 11.3 Å². The van der Waals surface area contributed by atoms with Crippen LogP contribution in [0.15, 0.2) is 48.2 Å². The number of carbonyl (C=O) groups is 1. The molecule has 0 aliphatic heterocycles. The Kier molecular flexibility index (Phi) is 4.62. The molecule has 118 valence electrons. The number of benzene rings is 1. The lowest BCUT2D eigenvalue weighted by Crippen LogP contribution is -2.38. The van der Waals surface area contributed by atoms with Gasteiger partial charge in [0.1, 0.15) is 17.4 Å². The molecule has 0 spiro atoms. The third-order valence-electron chi connectivity index (χ3n) is 3.16. The maximum Gasteiger partial charge on any atom is 0.316 e. The Morgan fingerprint density at radius 1 is 1.30 bits per heavy atom. The summed E-state index contributed by atoms with van der Waals surface area (Å²) in [6.45, 7) is 0.270. The zero-order chi connectivity index (χ0) is 16.1. The van der Waals surface area contributed by atoms with E-state index in [-0.39, 0.29) is 18.6 Å². The Balaban J connectivity index is 1.67. The van der Waals surface area contributed by atoms with Crippen LogP contribution in [-0.4, -0.2) is 25.8 Å². The van der Waals surface area contributed by atoms with Crippen molar-refractivity contribution in [1.82, 2.24) is 30.4 Å². The van der Waals surface area contributed by atoms with Gasteiger partial charge in [-0.3, -0.25) is 4.68 Å². The van der Waals surface area contributed by atoms with E-state index >= 15 is 0 Å². The zero-order valence-electron chi connectivity index (χ0n) is 12.5. The van der Waals surface area contributed by atoms with Crippen LogP contribution in [0.3, 0.4) is 0 Å². The Hall–Kier alpha value is -2.74. The Morgan fingerprint density at radius 3 is 2.78 bits per heavy atom. The maximum atomic E-state index is 12.2. The van der Waals surface area contributed by atoms with Crippen LogP contribution in [0.2, 0.25) is 0 Å². The van der Waals surface area contributed by atoms with Gasteiger partial charge in [-0.2, -0.15) is 5.10 Å². The molecule has 2 amide bonds. The monoisotopic (exact) mass is 328 g/mol. The summed E-state index contributed by atoms with van der Waals surface area (Å²) in [6.07, 6.45) is 3.32. The van der Waals surface area contributed by atoms with E-state index in [2.05, 4.69) is 25.7 Å². The van der Waals surface area contributed by atoms with Gasteiger partial charge in [-0.05, 0) is 5.56 Å². The molecule has 8 heteroatoms. The van der Waals surface area contributed by atoms with Crippen LogP contribution in [0, 0.1) is 0 Å². The SMILES string of the molecule is Cn1cnc(CNC(=O)NC(c2ccccc2)c2nccs2)n1. The van der Waals surface area contributed by atoms with Crippen LogP contribution in [-0.2, 0) is 13.6 Å². The molecule has 3 rings (SSSR count). The molecule has 0 fully saturated rings. The van der Waals surface area contributed by atoms with Crippen LogP contribution in [0.25, 0.3) is 0 Å². The minimum absolute atomic E-state index is 0.270. The second-order valence-electron chi connectivity index (χ2n) is 4.88. The summed E-state index contributed by atoms with van der Waals surface area (Å²) in [5, 5.41) is 12.6. The predicted octanol–water partition coefficient (Wildman–Crippen LogP) is 1.86. The van der Waals surface area contributed by atoms with Crippen LogP contribution < -0.4 is 10.6 Å². The highest BCUT2D eigenvalue weighted by Gasteiger charge is 2.19. The van der Waals surface area contributed by atoms with Crippen molar-refractivity contribution in [3.63, 3.8) is 0 Å². The first-order valence-electron chi connectivity index (χ1n) is 7.05. The lowest BCUT2D eigenvalue weighted by atomic mass is 10.1. The number of hydrogen-bond donors (Lipinski definition) is 2. The first-order chi connectivity index (χ1) is 11.2. The van der Waals surface area contributed by atoms with Crippen LogP contribution in [0.1, 0.15) is 22.4 Å². The number of carbonyl (C=O) groups excluding carboxylic acids is 1. The Bertz CT molecular complexity index is 755. The van der Waals surface area contributed by atoms with Crippen LogP contribution in [0.5, 0.6) is 0 Å². The van der Waals surface area contributed by atoms with E-state index in [9.17, 15) is 4.79 Å². The number of aryl methyl sites for hydroxylation is 1. The lowest BCUT2D eigenvalue weighted by molar-refractivity contribution is 0.238. The van der Waals surface area contributed by atoms with Crippen molar-refractivity contribution in [3.8, 4) is 0 Å². The van der Waals surface area contributed by atoms with Crippen molar-refractivity contribution in [1.29, 1.82) is 0 Å². The van der Waals surface area contributed by atoms with Crippen molar-refractivity contribution in [3.05, 3.63) is 64.6 Å². The fraction of sp³-hybridized carbons (Fsp3) is 0.200. The molecule has 1 atom stereocenters. The minimum Gasteiger partial charge on any atom is -0.331 e. The number of nitrogens with one attached hydrogen (secondary N) is 2. The molecule has 7 nitrogen and oxygen atoms in total. The summed E-state index contributed by atoms with van der Waals surface area (Å²) in [5.41, 5.74) is 0.980. The molecule has 1 unspecified atom stereocenters. The molecular weight excluding hydrogens is 312 g/mol. The summed E-state index contributed by atoms with van der Waals surface area (Å²) < 4.78 is 1.59. The second-order valence-corrected chi connectivity index (χ2v) is 5.80. The number of thiazole rings is 1. The van der Waals surface area contributed by atoms with Gasteiger partial charge in [0.05, 0.1) is 6.54 Å². The van der Waals surface area contributed by atoms with Crippen molar-refractivity contribution < 1.29 is 4.79 Å². The molecular formula is C15H16N6OS. The van der Waals surface area contributed by atoms with Gasteiger partial charge >= 0.3 is 6.03 Å². The van der Waals surface area contributed by atoms with Gasteiger partial charge in [-0.1, -0.05) is 30.3 Å². The van der Waals surface area contributed by atoms with Crippen molar-refractivity contribution in [2.75, 3.05) is 0 Å². The average Bonchev–Trinajstić information content (AvgIpc) is 3.23. The van der Waals surface area contributed by atoms with Gasteiger partial charge in [0, 0.05) is 18.6 Å². The average molecular weight is 328 g/mol. The molecule has 0 saturated heterocycles. The van der Waals surface area contributed by atoms with Gasteiger partial charge in [-0.15, -0.1) is 11.3 Å². The molecule has 2 aromatic heterocycles. The molecule has 3 aromatic rings. The first kappa shape index (κ1) is 15.2. The molecule has 1 aromatic carbocycles. The highest BCUT2D eigenvalue weighted by atomic mass is 32.1. The highest BCUT2D eigenvalue weighted by Crippen LogP contribution is 2.23. The van der Waals surface area contributed by atoms with E-state index in [4.69, 9.17) is 0 Å². The van der Waals surface area contributed by atoms with Gasteiger partial charge in [0.2, 0.25) is 0 Å². The normalized spacial score (nSPS) is 11.9. The first-order valence-corrected chi connectivity index (χ1v) is 7.93. The molecule has 0 aliphatic carbocycles. The topological polar surface area (TPSA) is 84.7 Å². The summed E-state index contributed by atoms with van der Waals surface area (Å²) in [5.74, 6) is 0.563. The largest absolute Gasteiger partial charge is 0.331 e. The second kappa shape index (κ2) is 7.01. The van der Waals surface area contributed by atoms with Gasteiger partial charge in [0.25, 0.3) is 0 Å². The summed E-state index contributed by atoms with van der Waals surface area (Å²) in [4.78, 5) is 20.6. The summed E-state index contributed by atoms with van der Waals surface area (Å²) in [7, 11) is 1.78. The van der Waals surface area contributed by atoms with E-state index < -0.39 is 0 Å². The fourth-order valence-electron chi connectivity index (χ4n) is 2.12. The molecule has 0 aliphatic rings. The molecule has 0 bridgehead atoms. The van der Waals surface area contributed by atoms with Gasteiger partial charge in [0.15, 0.2) is 5.82 Å². The van der Waals surface area contributed by atoms with Crippen LogP contribution in [0.4, 0.5) is 4.79 Å². The standard InChI is InChI=1S/C15H16N6OS/c1-21-10-18-12(20-21)9-17-15(22)19-13(14-16-7-8-23-14)11-5-3-2-4-6-11/h2-8,10,13H,9H2,1H3,(H2,17,19,22).